The Morgan fingerprint density at radius 1 is 1.20 bits per heavy atom. The molecule has 134 valence electrons. The number of primary amides is 1. The minimum absolute atomic E-state index is 0.0746. The predicted molar refractivity (Wildman–Crippen MR) is 96.2 cm³/mol. The van der Waals surface area contributed by atoms with E-state index in [1.165, 1.54) is 19.3 Å². The Labute approximate surface area is 149 Å². The van der Waals surface area contributed by atoms with Gasteiger partial charge in [-0.05, 0) is 49.8 Å². The quantitative estimate of drug-likeness (QED) is 0.910. The van der Waals surface area contributed by atoms with Gasteiger partial charge in [0, 0.05) is 43.2 Å². The molecule has 2 aliphatic carbocycles. The highest BCUT2D eigenvalue weighted by atomic mass is 16.2. The van der Waals surface area contributed by atoms with Gasteiger partial charge in [-0.2, -0.15) is 0 Å². The zero-order valence-corrected chi connectivity index (χ0v) is 14.9. The first-order valence-corrected chi connectivity index (χ1v) is 9.49. The second-order valence-corrected chi connectivity index (χ2v) is 7.89. The Kier molecular flexibility index (Phi) is 4.28. The molecule has 5 heteroatoms. The predicted octanol–water partition coefficient (Wildman–Crippen LogP) is 1.97. The number of piperazine rings is 1. The van der Waals surface area contributed by atoms with Crippen LogP contribution in [0.2, 0.25) is 0 Å². The number of nitrogens with two attached hydrogens (primary N) is 1. The second-order valence-electron chi connectivity index (χ2n) is 7.89. The molecule has 3 aliphatic rings. The van der Waals surface area contributed by atoms with Gasteiger partial charge in [0.05, 0.1) is 0 Å². The number of hydrogen-bond acceptors (Lipinski definition) is 3. The fourth-order valence-corrected chi connectivity index (χ4v) is 4.43. The topological polar surface area (TPSA) is 66.6 Å². The Hall–Kier alpha value is -1.88. The summed E-state index contributed by atoms with van der Waals surface area (Å²) in [7, 11) is 0. The lowest BCUT2D eigenvalue weighted by Gasteiger charge is -2.47. The zero-order chi connectivity index (χ0) is 17.6. The molecule has 0 aromatic heterocycles. The highest BCUT2D eigenvalue weighted by Gasteiger charge is 2.47. The van der Waals surface area contributed by atoms with Crippen LogP contribution in [0.25, 0.3) is 0 Å². The second kappa shape index (κ2) is 6.45. The molecule has 0 bridgehead atoms. The standard InChI is InChI=1S/C20H27N3O2/c1-13-12-22(8-9-23(13)16-6-3-7-16)20(25)18-11-17(18)14-4-2-5-15(10-14)19(21)24/h2,4-5,10,13,16-18H,3,6-9,11-12H2,1H3,(H2,21,24)/t13-,17?,18?/m0/s1. The molecule has 1 aliphatic heterocycles. The van der Waals surface area contributed by atoms with Crippen molar-refractivity contribution in [3.8, 4) is 0 Å². The first kappa shape index (κ1) is 16.6. The molecule has 2 saturated carbocycles. The van der Waals surface area contributed by atoms with E-state index in [9.17, 15) is 9.59 Å². The number of nitrogens with zero attached hydrogens (tertiary/aromatic N) is 2. The maximum atomic E-state index is 12.9. The maximum absolute atomic E-state index is 12.9. The van der Waals surface area contributed by atoms with Crippen LogP contribution >= 0.6 is 0 Å². The van der Waals surface area contributed by atoms with Gasteiger partial charge in [0.1, 0.15) is 0 Å². The molecule has 1 aromatic rings. The largest absolute Gasteiger partial charge is 0.366 e. The molecular formula is C20H27N3O2. The fraction of sp³-hybridized carbons (Fsp3) is 0.600. The molecule has 1 aromatic carbocycles. The lowest BCUT2D eigenvalue weighted by Crippen LogP contribution is -2.58. The lowest BCUT2D eigenvalue weighted by molar-refractivity contribution is -0.136. The SMILES string of the molecule is C[C@H]1CN(C(=O)C2CC2c2cccc(C(N)=O)c2)CCN1C1CCC1. The number of amides is 2. The molecule has 4 rings (SSSR count). The van der Waals surface area contributed by atoms with Gasteiger partial charge < -0.3 is 10.6 Å². The van der Waals surface area contributed by atoms with Crippen LogP contribution in [0.15, 0.2) is 24.3 Å². The zero-order valence-electron chi connectivity index (χ0n) is 14.9. The number of hydrogen-bond donors (Lipinski definition) is 1. The molecule has 25 heavy (non-hydrogen) atoms. The molecule has 0 radical (unpaired) electrons. The van der Waals surface area contributed by atoms with Crippen molar-refractivity contribution in [2.75, 3.05) is 19.6 Å². The van der Waals surface area contributed by atoms with E-state index in [2.05, 4.69) is 16.7 Å². The van der Waals surface area contributed by atoms with E-state index in [0.717, 1.165) is 37.7 Å². The van der Waals surface area contributed by atoms with Crippen LogP contribution in [0.5, 0.6) is 0 Å². The summed E-state index contributed by atoms with van der Waals surface area (Å²) in [5.74, 6) is 0.193. The van der Waals surface area contributed by atoms with Gasteiger partial charge in [-0.1, -0.05) is 18.6 Å². The Balaban J connectivity index is 1.37. The summed E-state index contributed by atoms with van der Waals surface area (Å²) in [4.78, 5) is 28.9. The first-order valence-electron chi connectivity index (χ1n) is 9.49. The third kappa shape index (κ3) is 3.17. The fourth-order valence-electron chi connectivity index (χ4n) is 4.43. The first-order chi connectivity index (χ1) is 12.0. The molecule has 1 heterocycles. The Morgan fingerprint density at radius 3 is 2.64 bits per heavy atom. The smallest absolute Gasteiger partial charge is 0.248 e. The van der Waals surface area contributed by atoms with E-state index in [1.807, 2.05) is 18.2 Å². The summed E-state index contributed by atoms with van der Waals surface area (Å²) in [6, 6.07) is 8.64. The van der Waals surface area contributed by atoms with E-state index in [4.69, 9.17) is 5.73 Å². The summed E-state index contributed by atoms with van der Waals surface area (Å²) in [5.41, 5.74) is 6.96. The summed E-state index contributed by atoms with van der Waals surface area (Å²) >= 11 is 0. The van der Waals surface area contributed by atoms with Crippen molar-refractivity contribution in [2.24, 2.45) is 11.7 Å². The van der Waals surface area contributed by atoms with Gasteiger partial charge >= 0.3 is 0 Å². The van der Waals surface area contributed by atoms with Crippen molar-refractivity contribution < 1.29 is 9.59 Å². The molecule has 2 amide bonds. The number of rotatable bonds is 4. The average molecular weight is 341 g/mol. The molecule has 5 nitrogen and oxygen atoms in total. The van der Waals surface area contributed by atoms with E-state index in [0.29, 0.717) is 11.6 Å². The molecule has 1 saturated heterocycles. The average Bonchev–Trinajstić information content (AvgIpc) is 3.35. The van der Waals surface area contributed by atoms with E-state index < -0.39 is 5.91 Å². The molecule has 2 unspecified atom stereocenters. The summed E-state index contributed by atoms with van der Waals surface area (Å²) in [5, 5.41) is 0. The van der Waals surface area contributed by atoms with Crippen LogP contribution < -0.4 is 5.73 Å². The highest BCUT2D eigenvalue weighted by molar-refractivity contribution is 5.93. The van der Waals surface area contributed by atoms with Crippen molar-refractivity contribution in [3.05, 3.63) is 35.4 Å². The number of carbonyl (C=O) groups excluding carboxylic acids is 2. The van der Waals surface area contributed by atoms with Crippen molar-refractivity contribution >= 4 is 11.8 Å². The van der Waals surface area contributed by atoms with Crippen LogP contribution in [-0.4, -0.2) is 53.3 Å². The van der Waals surface area contributed by atoms with Crippen molar-refractivity contribution in [1.29, 1.82) is 0 Å². The third-order valence-corrected chi connectivity index (χ3v) is 6.24. The number of benzene rings is 1. The van der Waals surface area contributed by atoms with Crippen LogP contribution in [0.4, 0.5) is 0 Å². The monoisotopic (exact) mass is 341 g/mol. The minimum atomic E-state index is -0.411. The molecule has 0 spiro atoms. The summed E-state index contributed by atoms with van der Waals surface area (Å²) in [6.07, 6.45) is 4.88. The maximum Gasteiger partial charge on any atom is 0.248 e. The Morgan fingerprint density at radius 2 is 2.00 bits per heavy atom. The summed E-state index contributed by atoms with van der Waals surface area (Å²) in [6.45, 7) is 4.95. The van der Waals surface area contributed by atoms with Crippen LogP contribution in [0.1, 0.15) is 54.4 Å². The summed E-state index contributed by atoms with van der Waals surface area (Å²) < 4.78 is 0. The lowest BCUT2D eigenvalue weighted by atomic mass is 9.89. The van der Waals surface area contributed by atoms with Crippen molar-refractivity contribution in [2.45, 2.75) is 50.6 Å². The van der Waals surface area contributed by atoms with Gasteiger partial charge in [-0.25, -0.2) is 0 Å². The molecule has 3 atom stereocenters. The van der Waals surface area contributed by atoms with Gasteiger partial charge in [0.15, 0.2) is 0 Å². The van der Waals surface area contributed by atoms with Crippen LogP contribution in [0, 0.1) is 5.92 Å². The van der Waals surface area contributed by atoms with Gasteiger partial charge in [-0.3, -0.25) is 14.5 Å². The van der Waals surface area contributed by atoms with Crippen LogP contribution in [0.3, 0.4) is 0 Å². The molecule has 2 N–H and O–H groups in total. The minimum Gasteiger partial charge on any atom is -0.366 e. The van der Waals surface area contributed by atoms with E-state index in [1.54, 1.807) is 6.07 Å². The van der Waals surface area contributed by atoms with Gasteiger partial charge in [-0.15, -0.1) is 0 Å². The van der Waals surface area contributed by atoms with Gasteiger partial charge in [0.2, 0.25) is 11.8 Å². The normalized spacial score (nSPS) is 30.0. The van der Waals surface area contributed by atoms with E-state index in [-0.39, 0.29) is 17.7 Å². The van der Waals surface area contributed by atoms with Crippen molar-refractivity contribution in [3.63, 3.8) is 0 Å². The molecular weight excluding hydrogens is 314 g/mol. The van der Waals surface area contributed by atoms with E-state index >= 15 is 0 Å². The highest BCUT2D eigenvalue weighted by Crippen LogP contribution is 2.48. The van der Waals surface area contributed by atoms with Crippen molar-refractivity contribution in [1.82, 2.24) is 9.80 Å². The van der Waals surface area contributed by atoms with Gasteiger partial charge in [0.25, 0.3) is 0 Å². The van der Waals surface area contributed by atoms with Crippen LogP contribution in [-0.2, 0) is 4.79 Å². The third-order valence-electron chi connectivity index (χ3n) is 6.24. The Bertz CT molecular complexity index is 685. The number of carbonyl (C=O) groups is 2. The molecule has 3 fully saturated rings.